The quantitative estimate of drug-likeness (QED) is 0.149. The first-order valence-electron chi connectivity index (χ1n) is 16.7. The van der Waals surface area contributed by atoms with Gasteiger partial charge in [0, 0.05) is 0 Å². The molecule has 0 aromatic rings. The number of carbonyl (C=O) groups excluding carboxylic acids is 12. The van der Waals surface area contributed by atoms with Gasteiger partial charge in [0.1, 0.15) is 0 Å². The van der Waals surface area contributed by atoms with Gasteiger partial charge in [-0.2, -0.15) is 0 Å². The van der Waals surface area contributed by atoms with Gasteiger partial charge < -0.3 is 28.4 Å². The summed E-state index contributed by atoms with van der Waals surface area (Å²) in [4.78, 5) is 136. The average Bonchev–Trinajstić information content (AvgIpc) is 3.74. The number of hydrogen-bond donors (Lipinski definition) is 0. The Hall–Kier alpha value is -5.42. The lowest BCUT2D eigenvalue weighted by atomic mass is 9.53. The molecule has 9 unspecified atom stereocenters. The van der Waals surface area contributed by atoms with Crippen LogP contribution in [0, 0.1) is 76.9 Å². The van der Waals surface area contributed by atoms with Crippen LogP contribution in [0.15, 0.2) is 11.6 Å². The fourth-order valence-electron chi connectivity index (χ4n) is 9.22. The molecule has 18 nitrogen and oxygen atoms in total. The minimum absolute atomic E-state index is 0.0220. The molecule has 0 aromatic heterocycles. The summed E-state index contributed by atoms with van der Waals surface area (Å²) in [6.07, 6.45) is 3.32. The van der Waals surface area contributed by atoms with E-state index in [1.54, 1.807) is 13.0 Å². The van der Waals surface area contributed by atoms with Crippen LogP contribution in [-0.4, -0.2) is 71.6 Å². The van der Waals surface area contributed by atoms with Gasteiger partial charge in [0.05, 0.1) is 72.0 Å². The second kappa shape index (κ2) is 12.7. The predicted molar refractivity (Wildman–Crippen MR) is 154 cm³/mol. The second-order valence-electron chi connectivity index (χ2n) is 14.5. The molecule has 10 aliphatic rings. The smallest absolute Gasteiger partial charge is 0.321 e. The molecule has 274 valence electrons. The van der Waals surface area contributed by atoms with E-state index >= 15 is 0 Å². The summed E-state index contributed by atoms with van der Waals surface area (Å²) in [5.41, 5.74) is 0.726. The van der Waals surface area contributed by atoms with Crippen molar-refractivity contribution in [3.63, 3.8) is 0 Å². The van der Waals surface area contributed by atoms with Crippen molar-refractivity contribution in [2.45, 2.75) is 46.0 Å². The number of esters is 12. The molecular weight excluding hydrogens is 696 g/mol. The topological polar surface area (TPSA) is 260 Å². The molecule has 52 heavy (non-hydrogen) atoms. The largest absolute Gasteiger partial charge is 0.393 e. The van der Waals surface area contributed by atoms with Crippen molar-refractivity contribution in [3.05, 3.63) is 11.6 Å². The van der Waals surface area contributed by atoms with Crippen molar-refractivity contribution in [3.8, 4) is 0 Å². The molecule has 9 atom stereocenters. The van der Waals surface area contributed by atoms with Gasteiger partial charge in [0.2, 0.25) is 0 Å². The Morgan fingerprint density at radius 3 is 1.37 bits per heavy atom. The highest BCUT2D eigenvalue weighted by molar-refractivity contribution is 6.10. The lowest BCUT2D eigenvalue weighted by Crippen LogP contribution is -2.69. The van der Waals surface area contributed by atoms with E-state index in [0.717, 1.165) is 5.57 Å². The normalized spacial score (nSPS) is 41.0. The summed E-state index contributed by atoms with van der Waals surface area (Å²) in [7, 11) is 0. The van der Waals surface area contributed by atoms with Gasteiger partial charge in [-0.1, -0.05) is 18.6 Å². The van der Waals surface area contributed by atoms with Crippen molar-refractivity contribution in [2.24, 2.45) is 76.9 Å². The van der Waals surface area contributed by atoms with Crippen LogP contribution in [0.25, 0.3) is 0 Å². The first kappa shape index (κ1) is 35.0. The van der Waals surface area contributed by atoms with E-state index in [9.17, 15) is 57.5 Å². The molecule has 2 saturated carbocycles. The minimum atomic E-state index is -0.786. The third-order valence-corrected chi connectivity index (χ3v) is 11.6. The molecule has 0 spiro atoms. The lowest BCUT2D eigenvalue weighted by Gasteiger charge is -2.51. The Labute approximate surface area is 292 Å². The molecule has 3 aliphatic carbocycles. The van der Waals surface area contributed by atoms with Crippen LogP contribution < -0.4 is 0 Å². The maximum Gasteiger partial charge on any atom is 0.321 e. The Kier molecular flexibility index (Phi) is 8.52. The fraction of sp³-hybridized carbons (Fsp3) is 0.588. The predicted octanol–water partition coefficient (Wildman–Crippen LogP) is -0.572. The molecule has 9 fully saturated rings. The van der Waals surface area contributed by atoms with Crippen LogP contribution >= 0.6 is 0 Å². The highest BCUT2D eigenvalue weighted by Gasteiger charge is 2.72. The molecule has 4 bridgehead atoms. The zero-order valence-corrected chi connectivity index (χ0v) is 27.5. The van der Waals surface area contributed by atoms with Crippen LogP contribution in [0.5, 0.6) is 0 Å². The summed E-state index contributed by atoms with van der Waals surface area (Å²) in [5, 5.41) is 0. The highest BCUT2D eigenvalue weighted by Crippen LogP contribution is 2.55. The van der Waals surface area contributed by atoms with E-state index in [1.165, 1.54) is 0 Å². The summed E-state index contributed by atoms with van der Waals surface area (Å²) in [5.74, 6) is -13.7. The van der Waals surface area contributed by atoms with E-state index in [1.807, 2.05) is 6.92 Å². The molecule has 7 saturated heterocycles. The molecule has 7 aliphatic heterocycles. The third kappa shape index (κ3) is 5.63. The van der Waals surface area contributed by atoms with Gasteiger partial charge in [0.15, 0.2) is 0 Å². The summed E-state index contributed by atoms with van der Waals surface area (Å²) < 4.78 is 27.1. The number of carbonyl (C=O) groups is 12. The van der Waals surface area contributed by atoms with Crippen molar-refractivity contribution >= 4 is 71.6 Å². The summed E-state index contributed by atoms with van der Waals surface area (Å²) >= 11 is 0. The Balaban J connectivity index is 0.000000123. The molecule has 18 heteroatoms. The van der Waals surface area contributed by atoms with Crippen molar-refractivity contribution in [1.29, 1.82) is 0 Å². The summed E-state index contributed by atoms with van der Waals surface area (Å²) in [6, 6.07) is 0. The molecule has 0 aromatic carbocycles. The average molecular weight is 727 g/mol. The van der Waals surface area contributed by atoms with Gasteiger partial charge >= 0.3 is 71.6 Å². The third-order valence-electron chi connectivity index (χ3n) is 11.6. The SMILES string of the molecule is CC1=CC(C2CC(=O)OC2=O)CC2C(=O)OC(=O)C12.CC1CC(C2CC(=O)OC2=O)CC2C(=O)OC(=O)C12.O=C1OC(=O)C2C3C(=O)OC(=O)C2C13. The monoisotopic (exact) mass is 726 g/mol. The van der Waals surface area contributed by atoms with Gasteiger partial charge in [-0.25, -0.2) is 0 Å². The number of rotatable bonds is 2. The van der Waals surface area contributed by atoms with Gasteiger partial charge in [-0.05, 0) is 43.9 Å². The van der Waals surface area contributed by atoms with Gasteiger partial charge in [0.25, 0.3) is 0 Å². The van der Waals surface area contributed by atoms with Crippen LogP contribution in [0.3, 0.4) is 0 Å². The van der Waals surface area contributed by atoms with E-state index in [-0.39, 0.29) is 30.6 Å². The fourth-order valence-corrected chi connectivity index (χ4v) is 9.22. The Morgan fingerprint density at radius 2 is 0.865 bits per heavy atom. The number of ether oxygens (including phenoxy) is 6. The molecular formula is C34H30O18. The van der Waals surface area contributed by atoms with E-state index in [4.69, 9.17) is 0 Å². The van der Waals surface area contributed by atoms with Crippen LogP contribution in [0.1, 0.15) is 46.0 Å². The standard InChI is InChI=1S/C13H14O6.C13H12O6.C8H4O6/c2*1-5-2-6(7-4-9(14)18-11(7)15)3-8-10(5)13(17)19-12(8)16;9-5-1-2-4(8(12)13-5)3(1)7(11)14-6(2)10/h5-8,10H,2-4H2,1H3;2,6-8,10H,3-4H2,1H3;1-4H. The molecule has 0 amide bonds. The number of allylic oxidation sites excluding steroid dienone is 1. The van der Waals surface area contributed by atoms with Crippen molar-refractivity contribution < 1.29 is 86.0 Å². The second-order valence-corrected chi connectivity index (χ2v) is 14.5. The van der Waals surface area contributed by atoms with Crippen molar-refractivity contribution in [2.75, 3.05) is 0 Å². The molecule has 0 radical (unpaired) electrons. The van der Waals surface area contributed by atoms with E-state index < -0.39 is 131 Å². The number of hydrogen-bond acceptors (Lipinski definition) is 18. The number of fused-ring (bicyclic) bond motifs is 4. The molecule has 10 rings (SSSR count). The lowest BCUT2D eigenvalue weighted by molar-refractivity contribution is -0.227. The first-order valence-corrected chi connectivity index (χ1v) is 16.7. The number of cyclic esters (lactones) is 10. The van der Waals surface area contributed by atoms with E-state index in [0.29, 0.717) is 19.3 Å². The Bertz CT molecular complexity index is 1740. The Morgan fingerprint density at radius 1 is 0.442 bits per heavy atom. The van der Waals surface area contributed by atoms with Crippen LogP contribution in [0.4, 0.5) is 0 Å². The summed E-state index contributed by atoms with van der Waals surface area (Å²) in [6.45, 7) is 3.62. The maximum absolute atomic E-state index is 11.6. The van der Waals surface area contributed by atoms with E-state index in [2.05, 4.69) is 28.4 Å². The van der Waals surface area contributed by atoms with Crippen LogP contribution in [0.2, 0.25) is 0 Å². The zero-order chi connectivity index (χ0) is 37.5. The molecule has 7 heterocycles. The first-order chi connectivity index (χ1) is 24.5. The highest BCUT2D eigenvalue weighted by atomic mass is 16.6. The van der Waals surface area contributed by atoms with Crippen LogP contribution in [-0.2, 0) is 86.0 Å². The maximum atomic E-state index is 11.6. The zero-order valence-electron chi connectivity index (χ0n) is 27.5. The molecule has 0 N–H and O–H groups in total. The van der Waals surface area contributed by atoms with Gasteiger partial charge in [-0.15, -0.1) is 0 Å². The van der Waals surface area contributed by atoms with Crippen molar-refractivity contribution in [1.82, 2.24) is 0 Å². The minimum Gasteiger partial charge on any atom is -0.393 e. The van der Waals surface area contributed by atoms with Gasteiger partial charge in [-0.3, -0.25) is 57.5 Å².